The topological polar surface area (TPSA) is 95.6 Å². The van der Waals surface area contributed by atoms with Gasteiger partial charge in [0.15, 0.2) is 0 Å². The normalized spacial score (nSPS) is 21.9. The van der Waals surface area contributed by atoms with E-state index in [0.29, 0.717) is 41.7 Å². The van der Waals surface area contributed by atoms with Crippen molar-refractivity contribution in [1.82, 2.24) is 24.9 Å². The van der Waals surface area contributed by atoms with Crippen LogP contribution >= 0.6 is 0 Å². The Labute approximate surface area is 206 Å². The summed E-state index contributed by atoms with van der Waals surface area (Å²) in [7, 11) is 3.84. The van der Waals surface area contributed by atoms with Gasteiger partial charge in [-0.05, 0) is 30.2 Å². The zero-order valence-corrected chi connectivity index (χ0v) is 21.0. The van der Waals surface area contributed by atoms with Crippen LogP contribution in [-0.2, 0) is 10.4 Å². The fraction of sp³-hybridized carbons (Fsp3) is 0.481. The minimum atomic E-state index is -1.24. The minimum absolute atomic E-state index is 0.0747. The lowest BCUT2D eigenvalue weighted by Gasteiger charge is -2.55. The molecule has 0 unspecified atom stereocenters. The van der Waals surface area contributed by atoms with Crippen LogP contribution in [0.4, 0.5) is 0 Å². The van der Waals surface area contributed by atoms with Crippen LogP contribution in [0.15, 0.2) is 47.2 Å². The molecule has 2 aliphatic heterocycles. The van der Waals surface area contributed by atoms with Gasteiger partial charge in [-0.2, -0.15) is 4.98 Å². The number of pyridine rings is 1. The number of carbonyl (C=O) groups excluding carboxylic acids is 1. The second-order valence-electron chi connectivity index (χ2n) is 10.8. The number of hydrogen-bond acceptors (Lipinski definition) is 7. The summed E-state index contributed by atoms with van der Waals surface area (Å²) in [5.74, 6) is 1.24. The van der Waals surface area contributed by atoms with Crippen LogP contribution in [-0.4, -0.2) is 69.7 Å². The van der Waals surface area contributed by atoms with E-state index in [9.17, 15) is 9.90 Å². The molecule has 1 N–H and O–H groups in total. The summed E-state index contributed by atoms with van der Waals surface area (Å²) in [5.41, 5.74) is 1.81. The van der Waals surface area contributed by atoms with Gasteiger partial charge >= 0.3 is 0 Å². The minimum Gasteiger partial charge on any atom is -0.380 e. The summed E-state index contributed by atoms with van der Waals surface area (Å²) in [5, 5.41) is 16.6. The average Bonchev–Trinajstić information content (AvgIpc) is 3.44. The van der Waals surface area contributed by atoms with Gasteiger partial charge in [0.05, 0.1) is 5.92 Å². The molecule has 184 valence electrons. The van der Waals surface area contributed by atoms with Gasteiger partial charge in [-0.1, -0.05) is 50.2 Å². The lowest BCUT2D eigenvalue weighted by atomic mass is 9.62. The van der Waals surface area contributed by atoms with E-state index < -0.39 is 11.0 Å². The van der Waals surface area contributed by atoms with Crippen LogP contribution < -0.4 is 0 Å². The fourth-order valence-corrected chi connectivity index (χ4v) is 5.65. The van der Waals surface area contributed by atoms with Gasteiger partial charge in [0.2, 0.25) is 17.6 Å². The third kappa shape index (κ3) is 3.94. The molecule has 0 saturated carbocycles. The summed E-state index contributed by atoms with van der Waals surface area (Å²) in [6.07, 6.45) is 3.78. The highest BCUT2D eigenvalue weighted by molar-refractivity contribution is 5.79. The molecule has 35 heavy (non-hydrogen) atoms. The highest BCUT2D eigenvalue weighted by atomic mass is 16.5. The van der Waals surface area contributed by atoms with Gasteiger partial charge < -0.3 is 19.4 Å². The quantitative estimate of drug-likeness (QED) is 0.584. The Morgan fingerprint density at radius 2 is 1.86 bits per heavy atom. The van der Waals surface area contributed by atoms with Crippen LogP contribution in [0, 0.1) is 5.41 Å². The number of likely N-dealkylation sites (N-methyl/N-ethyl adjacent to an activating group) is 1. The molecule has 2 aliphatic rings. The van der Waals surface area contributed by atoms with Crippen molar-refractivity contribution in [2.24, 2.45) is 5.41 Å². The first kappa shape index (κ1) is 23.6. The first-order chi connectivity index (χ1) is 16.6. The van der Waals surface area contributed by atoms with Crippen molar-refractivity contribution >= 4 is 5.91 Å². The van der Waals surface area contributed by atoms with Crippen molar-refractivity contribution < 1.29 is 14.4 Å². The molecule has 2 saturated heterocycles. The van der Waals surface area contributed by atoms with Crippen LogP contribution in [0.1, 0.15) is 61.6 Å². The molecule has 8 heteroatoms. The van der Waals surface area contributed by atoms with E-state index in [-0.39, 0.29) is 11.8 Å². The maximum absolute atomic E-state index is 12.4. The number of rotatable bonds is 6. The Bertz CT molecular complexity index is 1230. The van der Waals surface area contributed by atoms with E-state index in [1.807, 2.05) is 18.2 Å². The van der Waals surface area contributed by atoms with Gasteiger partial charge in [0.25, 0.3) is 0 Å². The average molecular weight is 476 g/mol. The van der Waals surface area contributed by atoms with Gasteiger partial charge in [-0.3, -0.25) is 9.78 Å². The monoisotopic (exact) mass is 475 g/mol. The third-order valence-electron chi connectivity index (χ3n) is 7.65. The molecule has 4 heterocycles. The number of carbonyl (C=O) groups is 1. The zero-order valence-electron chi connectivity index (χ0n) is 21.0. The lowest BCUT2D eigenvalue weighted by molar-refractivity contribution is -0.127. The number of likely N-dealkylation sites (tertiary alicyclic amines) is 2. The predicted molar refractivity (Wildman–Crippen MR) is 132 cm³/mol. The van der Waals surface area contributed by atoms with E-state index in [4.69, 9.17) is 4.52 Å². The molecule has 8 nitrogen and oxygen atoms in total. The highest BCUT2D eigenvalue weighted by Crippen LogP contribution is 2.50. The SMILES string of the molecule is CC(C)c1ccc([C@](O)(c2cncc(-c3noc([C@H]4CC(=O)N(C)C4)n3)c2)C2(C)CN(C)C2)cc1. The molecule has 2 fully saturated rings. The third-order valence-corrected chi connectivity index (χ3v) is 7.65. The Morgan fingerprint density at radius 1 is 1.14 bits per heavy atom. The molecule has 0 spiro atoms. The van der Waals surface area contributed by atoms with Crippen LogP contribution in [0.2, 0.25) is 0 Å². The van der Waals surface area contributed by atoms with Gasteiger partial charge in [0, 0.05) is 62.0 Å². The van der Waals surface area contributed by atoms with Crippen molar-refractivity contribution in [3.05, 3.63) is 65.3 Å². The molecule has 5 rings (SSSR count). The van der Waals surface area contributed by atoms with E-state index in [1.54, 1.807) is 24.3 Å². The molecule has 2 aromatic heterocycles. The van der Waals surface area contributed by atoms with E-state index in [1.165, 1.54) is 5.56 Å². The first-order valence-corrected chi connectivity index (χ1v) is 12.2. The zero-order chi connectivity index (χ0) is 25.0. The van der Waals surface area contributed by atoms with Crippen molar-refractivity contribution in [2.45, 2.75) is 44.6 Å². The lowest BCUT2D eigenvalue weighted by Crippen LogP contribution is -2.63. The molecule has 0 radical (unpaired) electrons. The largest absolute Gasteiger partial charge is 0.380 e. The van der Waals surface area contributed by atoms with Crippen molar-refractivity contribution in [3.63, 3.8) is 0 Å². The number of aromatic nitrogens is 3. The summed E-state index contributed by atoms with van der Waals surface area (Å²) in [6, 6.07) is 10.2. The Kier molecular flexibility index (Phi) is 5.76. The predicted octanol–water partition coefficient (Wildman–Crippen LogP) is 3.39. The van der Waals surface area contributed by atoms with Gasteiger partial charge in [-0.25, -0.2) is 0 Å². The van der Waals surface area contributed by atoms with Crippen molar-refractivity contribution in [1.29, 1.82) is 0 Å². The second kappa shape index (κ2) is 8.53. The molecular weight excluding hydrogens is 442 g/mol. The number of aliphatic hydroxyl groups is 1. The Hall–Kier alpha value is -3.10. The van der Waals surface area contributed by atoms with Crippen LogP contribution in [0.5, 0.6) is 0 Å². The molecule has 1 amide bonds. The van der Waals surface area contributed by atoms with E-state index >= 15 is 0 Å². The number of amides is 1. The molecule has 0 bridgehead atoms. The van der Waals surface area contributed by atoms with Crippen LogP contribution in [0.3, 0.4) is 0 Å². The smallest absolute Gasteiger partial charge is 0.232 e. The van der Waals surface area contributed by atoms with Gasteiger partial charge in [0.1, 0.15) is 5.60 Å². The molecular formula is C27H33N5O3. The molecule has 3 aromatic rings. The number of benzene rings is 1. The van der Waals surface area contributed by atoms with E-state index in [2.05, 4.69) is 60.0 Å². The van der Waals surface area contributed by atoms with Crippen molar-refractivity contribution in [3.8, 4) is 11.4 Å². The maximum atomic E-state index is 12.4. The molecule has 0 aliphatic carbocycles. The number of nitrogens with zero attached hydrogens (tertiary/aromatic N) is 5. The Morgan fingerprint density at radius 3 is 2.46 bits per heavy atom. The van der Waals surface area contributed by atoms with E-state index in [0.717, 1.165) is 18.7 Å². The second-order valence-corrected chi connectivity index (χ2v) is 10.8. The summed E-state index contributed by atoms with van der Waals surface area (Å²) < 4.78 is 5.52. The standard InChI is InChI=1S/C27H33N5O3/c1-17(2)18-6-8-21(9-7-18)27(34,26(3)15-31(4)16-26)22-10-19(12-28-13-22)24-29-25(35-30-24)20-11-23(33)32(5)14-20/h6-10,12-13,17,20,34H,11,14-16H2,1-5H3/t20-,27-/m0/s1. The summed E-state index contributed by atoms with van der Waals surface area (Å²) >= 11 is 0. The highest BCUT2D eigenvalue weighted by Gasteiger charge is 2.55. The maximum Gasteiger partial charge on any atom is 0.232 e. The summed E-state index contributed by atoms with van der Waals surface area (Å²) in [6.45, 7) is 8.53. The molecule has 2 atom stereocenters. The summed E-state index contributed by atoms with van der Waals surface area (Å²) in [4.78, 5) is 24.9. The fourth-order valence-electron chi connectivity index (χ4n) is 5.65. The van der Waals surface area contributed by atoms with Gasteiger partial charge in [-0.15, -0.1) is 0 Å². The molecule has 1 aromatic carbocycles. The Balaban J connectivity index is 1.52. The van der Waals surface area contributed by atoms with Crippen molar-refractivity contribution in [2.75, 3.05) is 33.7 Å². The van der Waals surface area contributed by atoms with Crippen LogP contribution in [0.25, 0.3) is 11.4 Å². The first-order valence-electron chi connectivity index (χ1n) is 12.2. The number of hydrogen-bond donors (Lipinski definition) is 1.